The molecule has 0 saturated heterocycles. The fourth-order valence-electron chi connectivity index (χ4n) is 1.70. The molecule has 0 radical (unpaired) electrons. The number of carbonyl (C=O) groups is 1. The molecule has 18 heavy (non-hydrogen) atoms. The average Bonchev–Trinajstić information content (AvgIpc) is 2.85. The van der Waals surface area contributed by atoms with Crippen molar-refractivity contribution in [2.24, 2.45) is 0 Å². The minimum Gasteiger partial charge on any atom is -0.335 e. The molecule has 0 saturated carbocycles. The second kappa shape index (κ2) is 6.40. The largest absolute Gasteiger partial charge is 0.335 e. The first-order valence-electron chi connectivity index (χ1n) is 5.99. The van der Waals surface area contributed by atoms with Crippen molar-refractivity contribution in [3.8, 4) is 0 Å². The number of nitrogens with zero attached hydrogens (tertiary/aromatic N) is 2. The summed E-state index contributed by atoms with van der Waals surface area (Å²) < 4.78 is 2.01. The third kappa shape index (κ3) is 3.47. The maximum atomic E-state index is 11.9. The van der Waals surface area contributed by atoms with E-state index in [9.17, 15) is 4.79 Å². The first-order chi connectivity index (χ1) is 8.79. The third-order valence-electron chi connectivity index (χ3n) is 2.64. The molecule has 0 fully saturated rings. The highest BCUT2D eigenvalue weighted by Crippen LogP contribution is 2.17. The number of aryl methyl sites for hydroxylation is 1. The number of hydrogen-bond donors (Lipinski definition) is 0. The number of aromatic nitrogens is 2. The zero-order valence-electron chi connectivity index (χ0n) is 10.4. The Bertz CT molecular complexity index is 508. The Morgan fingerprint density at radius 2 is 2.11 bits per heavy atom. The molecular weight excluding hydrogens is 244 g/mol. The molecular formula is C14H16N2OS. The lowest BCUT2D eigenvalue weighted by atomic mass is 10.3. The Hall–Kier alpha value is -1.55. The Balaban J connectivity index is 1.86. The van der Waals surface area contributed by atoms with Crippen molar-refractivity contribution < 1.29 is 4.79 Å². The van der Waals surface area contributed by atoms with Gasteiger partial charge in [0, 0.05) is 23.8 Å². The van der Waals surface area contributed by atoms with Crippen molar-refractivity contribution in [3.63, 3.8) is 0 Å². The summed E-state index contributed by atoms with van der Waals surface area (Å²) in [6, 6.07) is 9.98. The molecule has 0 bridgehead atoms. The van der Waals surface area contributed by atoms with E-state index < -0.39 is 0 Å². The standard InChI is InChI=1S/C14H16N2OS/c1-2-16-9-8-15-14(16)10-12(17)11-18-13-6-4-3-5-7-13/h3-9H,2,10-11H2,1H3. The van der Waals surface area contributed by atoms with Crippen LogP contribution in [0.2, 0.25) is 0 Å². The number of rotatable bonds is 6. The van der Waals surface area contributed by atoms with Gasteiger partial charge in [-0.1, -0.05) is 18.2 Å². The fourth-order valence-corrected chi connectivity index (χ4v) is 2.48. The number of benzene rings is 1. The van der Waals surface area contributed by atoms with Gasteiger partial charge in [-0.05, 0) is 19.1 Å². The number of imidazole rings is 1. The molecule has 0 aliphatic rings. The van der Waals surface area contributed by atoms with Crippen LogP contribution in [-0.2, 0) is 17.8 Å². The summed E-state index contributed by atoms with van der Waals surface area (Å²) in [6.07, 6.45) is 4.07. The number of thioether (sulfide) groups is 1. The van der Waals surface area contributed by atoms with Crippen molar-refractivity contribution in [2.45, 2.75) is 24.8 Å². The van der Waals surface area contributed by atoms with Gasteiger partial charge in [0.05, 0.1) is 12.2 Å². The van der Waals surface area contributed by atoms with Crippen LogP contribution in [0.1, 0.15) is 12.7 Å². The SMILES string of the molecule is CCn1ccnc1CC(=O)CSc1ccccc1. The molecule has 0 N–H and O–H groups in total. The predicted octanol–water partition coefficient (Wildman–Crippen LogP) is 2.81. The molecule has 94 valence electrons. The van der Waals surface area contributed by atoms with Crippen molar-refractivity contribution in [3.05, 3.63) is 48.5 Å². The molecule has 0 amide bonds. The normalized spacial score (nSPS) is 10.5. The van der Waals surface area contributed by atoms with Crippen molar-refractivity contribution in [2.75, 3.05) is 5.75 Å². The number of ketones is 1. The summed E-state index contributed by atoms with van der Waals surface area (Å²) in [5.41, 5.74) is 0. The van der Waals surface area contributed by atoms with E-state index in [-0.39, 0.29) is 5.78 Å². The molecule has 1 heterocycles. The predicted molar refractivity (Wildman–Crippen MR) is 73.8 cm³/mol. The van der Waals surface area contributed by atoms with Gasteiger partial charge in [-0.25, -0.2) is 4.98 Å². The topological polar surface area (TPSA) is 34.9 Å². The smallest absolute Gasteiger partial charge is 0.150 e. The van der Waals surface area contributed by atoms with Gasteiger partial charge in [0.25, 0.3) is 0 Å². The second-order valence-corrected chi connectivity index (χ2v) is 5.00. The van der Waals surface area contributed by atoms with Gasteiger partial charge in [-0.2, -0.15) is 0 Å². The summed E-state index contributed by atoms with van der Waals surface area (Å²) in [4.78, 5) is 17.2. The van der Waals surface area contributed by atoms with E-state index in [0.29, 0.717) is 12.2 Å². The lowest BCUT2D eigenvalue weighted by molar-refractivity contribution is -0.116. The molecule has 3 nitrogen and oxygen atoms in total. The lowest BCUT2D eigenvalue weighted by Gasteiger charge is -2.04. The van der Waals surface area contributed by atoms with Gasteiger partial charge >= 0.3 is 0 Å². The van der Waals surface area contributed by atoms with E-state index >= 15 is 0 Å². The van der Waals surface area contributed by atoms with E-state index in [1.54, 1.807) is 18.0 Å². The molecule has 0 aliphatic carbocycles. The minimum atomic E-state index is 0.213. The molecule has 1 aromatic heterocycles. The Labute approximate surface area is 111 Å². The number of Topliss-reactive ketones (excluding diaryl/α,β-unsaturated/α-hetero) is 1. The van der Waals surface area contributed by atoms with Crippen LogP contribution >= 0.6 is 11.8 Å². The second-order valence-electron chi connectivity index (χ2n) is 3.95. The Morgan fingerprint density at radius 1 is 1.33 bits per heavy atom. The number of carbonyl (C=O) groups excluding carboxylic acids is 1. The van der Waals surface area contributed by atoms with Crippen molar-refractivity contribution >= 4 is 17.5 Å². The van der Waals surface area contributed by atoms with Crippen LogP contribution < -0.4 is 0 Å². The molecule has 0 spiro atoms. The highest BCUT2D eigenvalue weighted by molar-refractivity contribution is 8.00. The van der Waals surface area contributed by atoms with Gasteiger partial charge in [-0.15, -0.1) is 11.8 Å². The molecule has 0 atom stereocenters. The van der Waals surface area contributed by atoms with E-state index in [1.165, 1.54) is 0 Å². The molecule has 4 heteroatoms. The molecule has 2 aromatic rings. The van der Waals surface area contributed by atoms with Gasteiger partial charge in [-0.3, -0.25) is 4.79 Å². The van der Waals surface area contributed by atoms with Crippen LogP contribution in [0, 0.1) is 0 Å². The lowest BCUT2D eigenvalue weighted by Crippen LogP contribution is -2.11. The van der Waals surface area contributed by atoms with Crippen molar-refractivity contribution in [1.82, 2.24) is 9.55 Å². The summed E-state index contributed by atoms with van der Waals surface area (Å²) in [5, 5.41) is 0. The third-order valence-corrected chi connectivity index (χ3v) is 3.71. The average molecular weight is 260 g/mol. The first-order valence-corrected chi connectivity index (χ1v) is 6.97. The highest BCUT2D eigenvalue weighted by atomic mass is 32.2. The van der Waals surface area contributed by atoms with Crippen molar-refractivity contribution in [1.29, 1.82) is 0 Å². The summed E-state index contributed by atoms with van der Waals surface area (Å²) >= 11 is 1.58. The molecule has 2 rings (SSSR count). The Kier molecular flexibility index (Phi) is 4.59. The summed E-state index contributed by atoms with van der Waals surface area (Å²) in [7, 11) is 0. The minimum absolute atomic E-state index is 0.213. The number of hydrogen-bond acceptors (Lipinski definition) is 3. The maximum Gasteiger partial charge on any atom is 0.150 e. The van der Waals surface area contributed by atoms with Crippen LogP contribution in [-0.4, -0.2) is 21.1 Å². The fraction of sp³-hybridized carbons (Fsp3) is 0.286. The maximum absolute atomic E-state index is 11.9. The summed E-state index contributed by atoms with van der Waals surface area (Å²) in [5.74, 6) is 1.57. The zero-order chi connectivity index (χ0) is 12.8. The molecule has 0 unspecified atom stereocenters. The van der Waals surface area contributed by atoms with Crippen LogP contribution in [0.25, 0.3) is 0 Å². The van der Waals surface area contributed by atoms with Crippen LogP contribution in [0.5, 0.6) is 0 Å². The van der Waals surface area contributed by atoms with Gasteiger partial charge in [0.1, 0.15) is 5.82 Å². The van der Waals surface area contributed by atoms with Crippen LogP contribution in [0.4, 0.5) is 0 Å². The van der Waals surface area contributed by atoms with E-state index in [4.69, 9.17) is 0 Å². The zero-order valence-corrected chi connectivity index (χ0v) is 11.2. The van der Waals surface area contributed by atoms with E-state index in [1.807, 2.05) is 48.0 Å². The van der Waals surface area contributed by atoms with Gasteiger partial charge in [0.15, 0.2) is 5.78 Å². The van der Waals surface area contributed by atoms with E-state index in [0.717, 1.165) is 17.3 Å². The first kappa shape index (κ1) is 12.9. The van der Waals surface area contributed by atoms with Crippen LogP contribution in [0.15, 0.2) is 47.6 Å². The summed E-state index contributed by atoms with van der Waals surface area (Å²) in [6.45, 7) is 2.91. The van der Waals surface area contributed by atoms with E-state index in [2.05, 4.69) is 4.98 Å². The molecule has 1 aromatic carbocycles. The Morgan fingerprint density at radius 3 is 2.83 bits per heavy atom. The monoisotopic (exact) mass is 260 g/mol. The van der Waals surface area contributed by atoms with Crippen LogP contribution in [0.3, 0.4) is 0 Å². The molecule has 0 aliphatic heterocycles. The highest BCUT2D eigenvalue weighted by Gasteiger charge is 2.08. The van der Waals surface area contributed by atoms with Gasteiger partial charge < -0.3 is 4.57 Å². The quantitative estimate of drug-likeness (QED) is 0.749. The van der Waals surface area contributed by atoms with Gasteiger partial charge in [0.2, 0.25) is 0 Å².